The third kappa shape index (κ3) is 3.18. The van der Waals surface area contributed by atoms with Crippen LogP contribution in [0.1, 0.15) is 28.5 Å². The number of hydrogen-bond donors (Lipinski definition) is 1. The van der Waals surface area contributed by atoms with E-state index in [2.05, 4.69) is 39.6 Å². The third-order valence-corrected chi connectivity index (χ3v) is 5.13. The van der Waals surface area contributed by atoms with E-state index in [-0.39, 0.29) is 6.04 Å². The maximum Gasteiger partial charge on any atom is 0.159 e. The molecule has 6 heteroatoms. The van der Waals surface area contributed by atoms with Crippen molar-refractivity contribution in [2.24, 2.45) is 0 Å². The summed E-state index contributed by atoms with van der Waals surface area (Å²) >= 11 is 3.28. The third-order valence-electron chi connectivity index (χ3n) is 3.06. The van der Waals surface area contributed by atoms with Crippen LogP contribution in [0.15, 0.2) is 36.5 Å². The van der Waals surface area contributed by atoms with Crippen LogP contribution < -0.4 is 5.32 Å². The molecular formula is C15H16N4S2. The zero-order chi connectivity index (χ0) is 14.7. The Hall–Kier alpha value is -1.63. The van der Waals surface area contributed by atoms with Gasteiger partial charge >= 0.3 is 0 Å². The van der Waals surface area contributed by atoms with Gasteiger partial charge in [-0.25, -0.2) is 4.98 Å². The smallest absolute Gasteiger partial charge is 0.159 e. The molecule has 0 aliphatic carbocycles. The second-order valence-electron chi connectivity index (χ2n) is 4.59. The minimum Gasteiger partial charge on any atom is -0.304 e. The highest BCUT2D eigenvalue weighted by molar-refractivity contribution is 7.21. The van der Waals surface area contributed by atoms with Crippen LogP contribution in [-0.4, -0.2) is 21.7 Å². The Labute approximate surface area is 131 Å². The summed E-state index contributed by atoms with van der Waals surface area (Å²) in [6, 6.07) is 10.5. The first-order valence-electron chi connectivity index (χ1n) is 6.82. The lowest BCUT2D eigenvalue weighted by Crippen LogP contribution is -2.21. The molecule has 0 aliphatic heterocycles. The van der Waals surface area contributed by atoms with Crippen LogP contribution in [-0.2, 0) is 0 Å². The molecule has 2 heterocycles. The molecule has 0 amide bonds. The summed E-state index contributed by atoms with van der Waals surface area (Å²) in [6.45, 7) is 4.99. The molecule has 1 unspecified atom stereocenters. The Bertz CT molecular complexity index is 705. The van der Waals surface area contributed by atoms with Crippen LogP contribution in [0.3, 0.4) is 0 Å². The fourth-order valence-electron chi connectivity index (χ4n) is 2.11. The molecule has 0 radical (unpaired) electrons. The van der Waals surface area contributed by atoms with Gasteiger partial charge < -0.3 is 5.32 Å². The van der Waals surface area contributed by atoms with E-state index in [1.165, 1.54) is 5.56 Å². The van der Waals surface area contributed by atoms with Crippen molar-refractivity contribution in [3.8, 4) is 9.88 Å². The summed E-state index contributed by atoms with van der Waals surface area (Å²) in [5.41, 5.74) is 1.21. The topological polar surface area (TPSA) is 50.7 Å². The largest absolute Gasteiger partial charge is 0.304 e. The summed E-state index contributed by atoms with van der Waals surface area (Å²) in [5, 5.41) is 15.2. The van der Waals surface area contributed by atoms with Crippen molar-refractivity contribution in [2.45, 2.75) is 19.9 Å². The standard InChI is InChI=1S/C15H16N4S2/c1-3-16-13(11-7-5-4-6-8-11)15-19-18-14(21-15)12-9-17-10(2)20-12/h4-9,13,16H,3H2,1-2H3. The number of benzene rings is 1. The monoisotopic (exact) mass is 316 g/mol. The molecule has 0 spiro atoms. The second kappa shape index (κ2) is 6.43. The molecule has 4 nitrogen and oxygen atoms in total. The van der Waals surface area contributed by atoms with Gasteiger partial charge in [-0.15, -0.1) is 21.5 Å². The van der Waals surface area contributed by atoms with Gasteiger partial charge in [0.15, 0.2) is 5.01 Å². The summed E-state index contributed by atoms with van der Waals surface area (Å²) in [4.78, 5) is 5.37. The molecule has 0 saturated carbocycles. The average Bonchev–Trinajstić information content (AvgIpc) is 3.14. The van der Waals surface area contributed by atoms with E-state index in [1.807, 2.05) is 31.3 Å². The van der Waals surface area contributed by atoms with Gasteiger partial charge in [-0.3, -0.25) is 0 Å². The number of aromatic nitrogens is 3. The fourth-order valence-corrected chi connectivity index (χ4v) is 3.87. The van der Waals surface area contributed by atoms with Gasteiger partial charge in [-0.05, 0) is 19.0 Å². The first kappa shape index (κ1) is 14.3. The Morgan fingerprint density at radius 2 is 1.95 bits per heavy atom. The second-order valence-corrected chi connectivity index (χ2v) is 6.83. The lowest BCUT2D eigenvalue weighted by atomic mass is 10.1. The number of aryl methyl sites for hydroxylation is 1. The molecule has 2 aromatic heterocycles. The van der Waals surface area contributed by atoms with Crippen molar-refractivity contribution in [3.05, 3.63) is 52.1 Å². The lowest BCUT2D eigenvalue weighted by molar-refractivity contribution is 0.621. The van der Waals surface area contributed by atoms with Crippen molar-refractivity contribution in [2.75, 3.05) is 6.54 Å². The Morgan fingerprint density at radius 1 is 1.14 bits per heavy atom. The van der Waals surface area contributed by atoms with E-state index in [9.17, 15) is 0 Å². The van der Waals surface area contributed by atoms with Gasteiger partial charge in [-0.2, -0.15) is 0 Å². The van der Waals surface area contributed by atoms with Crippen molar-refractivity contribution in [1.29, 1.82) is 0 Å². The van der Waals surface area contributed by atoms with Crippen molar-refractivity contribution < 1.29 is 0 Å². The maximum atomic E-state index is 4.38. The highest BCUT2D eigenvalue weighted by Crippen LogP contribution is 2.32. The minimum absolute atomic E-state index is 0.0940. The number of nitrogens with one attached hydrogen (secondary N) is 1. The van der Waals surface area contributed by atoms with Crippen LogP contribution in [0.4, 0.5) is 0 Å². The predicted molar refractivity (Wildman–Crippen MR) is 87.7 cm³/mol. The molecule has 3 rings (SSSR count). The number of nitrogens with zero attached hydrogens (tertiary/aromatic N) is 3. The minimum atomic E-state index is 0.0940. The number of hydrogen-bond acceptors (Lipinski definition) is 6. The van der Waals surface area contributed by atoms with Gasteiger partial charge in [0.1, 0.15) is 5.01 Å². The summed E-state index contributed by atoms with van der Waals surface area (Å²) in [5.74, 6) is 0. The molecule has 1 N–H and O–H groups in total. The van der Waals surface area contributed by atoms with Gasteiger partial charge in [0, 0.05) is 6.20 Å². The van der Waals surface area contributed by atoms with Crippen LogP contribution >= 0.6 is 22.7 Å². The summed E-state index contributed by atoms with van der Waals surface area (Å²) < 4.78 is 0. The van der Waals surface area contributed by atoms with Crippen LogP contribution in [0.2, 0.25) is 0 Å². The fraction of sp³-hybridized carbons (Fsp3) is 0.267. The lowest BCUT2D eigenvalue weighted by Gasteiger charge is -2.14. The maximum absolute atomic E-state index is 4.38. The highest BCUT2D eigenvalue weighted by Gasteiger charge is 2.19. The molecule has 0 saturated heterocycles. The normalized spacial score (nSPS) is 12.5. The van der Waals surface area contributed by atoms with Gasteiger partial charge in [0.05, 0.1) is 15.9 Å². The summed E-state index contributed by atoms with van der Waals surface area (Å²) in [6.07, 6.45) is 1.87. The molecule has 21 heavy (non-hydrogen) atoms. The van der Waals surface area contributed by atoms with Crippen LogP contribution in [0.5, 0.6) is 0 Å². The summed E-state index contributed by atoms with van der Waals surface area (Å²) in [7, 11) is 0. The molecule has 3 aromatic rings. The van der Waals surface area contributed by atoms with Crippen LogP contribution in [0, 0.1) is 6.92 Å². The zero-order valence-electron chi connectivity index (χ0n) is 11.9. The Kier molecular flexibility index (Phi) is 4.38. The SMILES string of the molecule is CCNC(c1ccccc1)c1nnc(-c2cnc(C)s2)s1. The Morgan fingerprint density at radius 3 is 2.62 bits per heavy atom. The van der Waals surface area contributed by atoms with E-state index in [4.69, 9.17) is 0 Å². The quantitative estimate of drug-likeness (QED) is 0.780. The van der Waals surface area contributed by atoms with Gasteiger partial charge in [0.25, 0.3) is 0 Å². The van der Waals surface area contributed by atoms with Crippen LogP contribution in [0.25, 0.3) is 9.88 Å². The first-order valence-corrected chi connectivity index (χ1v) is 8.45. The zero-order valence-corrected chi connectivity index (χ0v) is 13.5. The molecule has 1 atom stereocenters. The predicted octanol–water partition coefficient (Wildman–Crippen LogP) is 3.67. The molecular weight excluding hydrogens is 300 g/mol. The molecule has 1 aromatic carbocycles. The number of rotatable bonds is 5. The van der Waals surface area contributed by atoms with Gasteiger partial charge in [-0.1, -0.05) is 48.6 Å². The molecule has 0 fully saturated rings. The number of thiazole rings is 1. The van der Waals surface area contributed by atoms with Crippen molar-refractivity contribution in [1.82, 2.24) is 20.5 Å². The van der Waals surface area contributed by atoms with E-state index >= 15 is 0 Å². The molecule has 108 valence electrons. The van der Waals surface area contributed by atoms with Crippen molar-refractivity contribution >= 4 is 22.7 Å². The van der Waals surface area contributed by atoms with E-state index in [0.29, 0.717) is 0 Å². The Balaban J connectivity index is 1.92. The van der Waals surface area contributed by atoms with E-state index < -0.39 is 0 Å². The van der Waals surface area contributed by atoms with Crippen molar-refractivity contribution in [3.63, 3.8) is 0 Å². The van der Waals surface area contributed by atoms with E-state index in [1.54, 1.807) is 22.7 Å². The average molecular weight is 316 g/mol. The first-order chi connectivity index (χ1) is 10.3. The molecule has 0 bridgehead atoms. The highest BCUT2D eigenvalue weighted by atomic mass is 32.1. The van der Waals surface area contributed by atoms with Gasteiger partial charge in [0.2, 0.25) is 0 Å². The van der Waals surface area contributed by atoms with E-state index in [0.717, 1.165) is 26.4 Å². The molecule has 0 aliphatic rings.